The average Bonchev–Trinajstić information content (AvgIpc) is 2.66. The average molecular weight is 251 g/mol. The molecule has 0 unspecified atom stereocenters. The van der Waals surface area contributed by atoms with Crippen LogP contribution in [0.3, 0.4) is 0 Å². The van der Waals surface area contributed by atoms with Crippen molar-refractivity contribution in [1.82, 2.24) is 9.55 Å². The summed E-state index contributed by atoms with van der Waals surface area (Å²) in [6.07, 6.45) is 11.2. The van der Waals surface area contributed by atoms with Crippen LogP contribution in [0.2, 0.25) is 0 Å². The normalized spacial score (nSPS) is 19.7. The molecule has 1 aliphatic carbocycles. The van der Waals surface area contributed by atoms with Gasteiger partial charge in [0.1, 0.15) is 5.82 Å². The standard InChI is InChI=1S/C14H25N3O/c1-13-16-8-9-17(13)10-11-18-14(12-15)6-4-2-3-5-7-14/h8-9H,2-7,10-12,15H2,1H3. The van der Waals surface area contributed by atoms with Crippen LogP contribution in [0.25, 0.3) is 0 Å². The highest BCUT2D eigenvalue weighted by Gasteiger charge is 2.30. The van der Waals surface area contributed by atoms with Gasteiger partial charge in [-0.05, 0) is 19.8 Å². The van der Waals surface area contributed by atoms with Crippen LogP contribution >= 0.6 is 0 Å². The van der Waals surface area contributed by atoms with Gasteiger partial charge in [0.05, 0.1) is 12.2 Å². The van der Waals surface area contributed by atoms with Crippen LogP contribution < -0.4 is 5.73 Å². The van der Waals surface area contributed by atoms with Crippen molar-refractivity contribution in [2.75, 3.05) is 13.2 Å². The fourth-order valence-electron chi connectivity index (χ4n) is 2.78. The summed E-state index contributed by atoms with van der Waals surface area (Å²) < 4.78 is 8.28. The van der Waals surface area contributed by atoms with E-state index in [2.05, 4.69) is 9.55 Å². The summed E-state index contributed by atoms with van der Waals surface area (Å²) in [7, 11) is 0. The monoisotopic (exact) mass is 251 g/mol. The molecule has 0 aromatic carbocycles. The maximum atomic E-state index is 6.15. The van der Waals surface area contributed by atoms with Crippen LogP contribution in [0.15, 0.2) is 12.4 Å². The first-order chi connectivity index (χ1) is 8.76. The third-order valence-electron chi connectivity index (χ3n) is 4.05. The fourth-order valence-corrected chi connectivity index (χ4v) is 2.78. The van der Waals surface area contributed by atoms with E-state index < -0.39 is 0 Å². The second-order valence-electron chi connectivity index (χ2n) is 5.32. The van der Waals surface area contributed by atoms with E-state index in [4.69, 9.17) is 10.5 Å². The van der Waals surface area contributed by atoms with Crippen LogP contribution in [0.5, 0.6) is 0 Å². The van der Waals surface area contributed by atoms with E-state index in [0.29, 0.717) is 6.54 Å². The van der Waals surface area contributed by atoms with Crippen molar-refractivity contribution in [2.24, 2.45) is 5.73 Å². The molecule has 102 valence electrons. The molecular formula is C14H25N3O. The van der Waals surface area contributed by atoms with E-state index >= 15 is 0 Å². The number of hydrogen-bond acceptors (Lipinski definition) is 3. The number of nitrogens with two attached hydrogens (primary N) is 1. The Morgan fingerprint density at radius 1 is 1.33 bits per heavy atom. The molecule has 0 amide bonds. The Morgan fingerprint density at radius 2 is 2.06 bits per heavy atom. The number of aromatic nitrogens is 2. The number of hydrogen-bond donors (Lipinski definition) is 1. The van der Waals surface area contributed by atoms with E-state index in [0.717, 1.165) is 31.8 Å². The Kier molecular flexibility index (Phi) is 4.78. The minimum atomic E-state index is -0.0645. The molecule has 4 nitrogen and oxygen atoms in total. The molecule has 1 heterocycles. The quantitative estimate of drug-likeness (QED) is 0.817. The Hall–Kier alpha value is -0.870. The lowest BCUT2D eigenvalue weighted by Crippen LogP contribution is -2.41. The number of nitrogens with zero attached hydrogens (tertiary/aromatic N) is 2. The highest BCUT2D eigenvalue weighted by Crippen LogP contribution is 2.29. The molecule has 2 rings (SSSR count). The van der Waals surface area contributed by atoms with E-state index in [9.17, 15) is 0 Å². The third-order valence-corrected chi connectivity index (χ3v) is 4.05. The van der Waals surface area contributed by atoms with Gasteiger partial charge in [0.25, 0.3) is 0 Å². The summed E-state index contributed by atoms with van der Waals surface area (Å²) in [6.45, 7) is 4.27. The first-order valence-electron chi connectivity index (χ1n) is 7.07. The Bertz CT molecular complexity index is 354. The molecule has 0 atom stereocenters. The van der Waals surface area contributed by atoms with E-state index in [1.54, 1.807) is 0 Å². The maximum Gasteiger partial charge on any atom is 0.105 e. The van der Waals surface area contributed by atoms with Crippen molar-refractivity contribution in [3.63, 3.8) is 0 Å². The summed E-state index contributed by atoms with van der Waals surface area (Å²) in [6, 6.07) is 0. The van der Waals surface area contributed by atoms with Gasteiger partial charge >= 0.3 is 0 Å². The minimum absolute atomic E-state index is 0.0645. The molecule has 1 aromatic heterocycles. The van der Waals surface area contributed by atoms with Crippen molar-refractivity contribution in [3.8, 4) is 0 Å². The van der Waals surface area contributed by atoms with Crippen molar-refractivity contribution >= 4 is 0 Å². The summed E-state index contributed by atoms with van der Waals surface area (Å²) >= 11 is 0. The minimum Gasteiger partial charge on any atom is -0.372 e. The third kappa shape index (κ3) is 3.33. The van der Waals surface area contributed by atoms with Gasteiger partial charge in [-0.3, -0.25) is 0 Å². The van der Waals surface area contributed by atoms with Crippen LogP contribution in [0.4, 0.5) is 0 Å². The molecule has 0 radical (unpaired) electrons. The van der Waals surface area contributed by atoms with Gasteiger partial charge in [0.15, 0.2) is 0 Å². The van der Waals surface area contributed by atoms with Crippen LogP contribution in [0.1, 0.15) is 44.3 Å². The summed E-state index contributed by atoms with van der Waals surface area (Å²) in [4.78, 5) is 4.22. The van der Waals surface area contributed by atoms with Gasteiger partial charge in [0, 0.05) is 25.5 Å². The Balaban J connectivity index is 1.84. The molecule has 1 saturated carbocycles. The number of ether oxygens (including phenoxy) is 1. The zero-order chi connectivity index (χ0) is 12.8. The van der Waals surface area contributed by atoms with Gasteiger partial charge in [-0.2, -0.15) is 0 Å². The lowest BCUT2D eigenvalue weighted by atomic mass is 9.94. The second kappa shape index (κ2) is 6.34. The van der Waals surface area contributed by atoms with Crippen molar-refractivity contribution in [3.05, 3.63) is 18.2 Å². The van der Waals surface area contributed by atoms with Gasteiger partial charge < -0.3 is 15.0 Å². The number of imidazole rings is 1. The number of rotatable bonds is 5. The van der Waals surface area contributed by atoms with Gasteiger partial charge in [0.2, 0.25) is 0 Å². The molecule has 2 N–H and O–H groups in total. The highest BCUT2D eigenvalue weighted by atomic mass is 16.5. The molecule has 4 heteroatoms. The smallest absolute Gasteiger partial charge is 0.105 e. The molecule has 0 aliphatic heterocycles. The molecule has 0 saturated heterocycles. The lowest BCUT2D eigenvalue weighted by Gasteiger charge is -2.31. The molecule has 0 spiro atoms. The highest BCUT2D eigenvalue weighted by molar-refractivity contribution is 4.89. The van der Waals surface area contributed by atoms with Gasteiger partial charge in [-0.25, -0.2) is 4.98 Å². The zero-order valence-electron chi connectivity index (χ0n) is 11.4. The van der Waals surface area contributed by atoms with Crippen LogP contribution in [-0.4, -0.2) is 28.3 Å². The van der Waals surface area contributed by atoms with E-state index in [1.807, 2.05) is 19.3 Å². The van der Waals surface area contributed by atoms with Crippen LogP contribution in [0, 0.1) is 6.92 Å². The second-order valence-corrected chi connectivity index (χ2v) is 5.32. The van der Waals surface area contributed by atoms with Crippen molar-refractivity contribution in [2.45, 2.75) is 57.6 Å². The molecule has 1 aromatic rings. The summed E-state index contributed by atoms with van der Waals surface area (Å²) in [5.41, 5.74) is 5.89. The molecule has 18 heavy (non-hydrogen) atoms. The predicted octanol–water partition coefficient (Wildman–Crippen LogP) is 2.26. The number of aryl methyl sites for hydroxylation is 1. The summed E-state index contributed by atoms with van der Waals surface area (Å²) in [5, 5.41) is 0. The largest absolute Gasteiger partial charge is 0.372 e. The Labute approximate surface area is 110 Å². The van der Waals surface area contributed by atoms with Gasteiger partial charge in [-0.15, -0.1) is 0 Å². The predicted molar refractivity (Wildman–Crippen MR) is 72.4 cm³/mol. The topological polar surface area (TPSA) is 53.1 Å². The molecular weight excluding hydrogens is 226 g/mol. The first kappa shape index (κ1) is 13.6. The zero-order valence-corrected chi connectivity index (χ0v) is 11.4. The molecule has 1 fully saturated rings. The maximum absolute atomic E-state index is 6.15. The van der Waals surface area contributed by atoms with Crippen molar-refractivity contribution < 1.29 is 4.74 Å². The summed E-state index contributed by atoms with van der Waals surface area (Å²) in [5.74, 6) is 1.04. The van der Waals surface area contributed by atoms with E-state index in [-0.39, 0.29) is 5.60 Å². The van der Waals surface area contributed by atoms with Crippen LogP contribution in [-0.2, 0) is 11.3 Å². The van der Waals surface area contributed by atoms with E-state index in [1.165, 1.54) is 25.7 Å². The SMILES string of the molecule is Cc1nccn1CCOC1(CN)CCCCCC1. The van der Waals surface area contributed by atoms with Crippen molar-refractivity contribution in [1.29, 1.82) is 0 Å². The lowest BCUT2D eigenvalue weighted by molar-refractivity contribution is -0.0525. The fraction of sp³-hybridized carbons (Fsp3) is 0.786. The van der Waals surface area contributed by atoms with Gasteiger partial charge in [-0.1, -0.05) is 25.7 Å². The first-order valence-corrected chi connectivity index (χ1v) is 7.07. The Morgan fingerprint density at radius 3 is 2.61 bits per heavy atom. The molecule has 1 aliphatic rings. The molecule has 0 bridgehead atoms.